The minimum Gasteiger partial charge on any atom is -0.497 e. The number of carbonyl (C=O) groups is 2. The van der Waals surface area contributed by atoms with Gasteiger partial charge in [-0.1, -0.05) is 11.1 Å². The third kappa shape index (κ3) is 3.88. The molecule has 2 rings (SSSR count). The van der Waals surface area contributed by atoms with Crippen molar-refractivity contribution in [1.29, 1.82) is 0 Å². The summed E-state index contributed by atoms with van der Waals surface area (Å²) in [5.41, 5.74) is 2.65. The monoisotopic (exact) mass is 333 g/mol. The molecule has 1 aromatic rings. The van der Waals surface area contributed by atoms with E-state index in [2.05, 4.69) is 5.32 Å². The second kappa shape index (κ2) is 7.38. The third-order valence-electron chi connectivity index (χ3n) is 4.54. The van der Waals surface area contributed by atoms with Crippen LogP contribution in [-0.2, 0) is 9.59 Å². The highest BCUT2D eigenvalue weighted by atomic mass is 16.5. The number of carboxylic acids is 1. The van der Waals surface area contributed by atoms with Crippen LogP contribution in [0.1, 0.15) is 26.7 Å². The summed E-state index contributed by atoms with van der Waals surface area (Å²) in [6.45, 7) is 3.87. The lowest BCUT2D eigenvalue weighted by molar-refractivity contribution is -0.146. The lowest BCUT2D eigenvalue weighted by Gasteiger charge is -2.29. The number of carbonyl (C=O) groups excluding carboxylic acids is 1. The van der Waals surface area contributed by atoms with Crippen LogP contribution >= 0.6 is 0 Å². The van der Waals surface area contributed by atoms with Gasteiger partial charge in [0.05, 0.1) is 26.1 Å². The molecule has 2 N–H and O–H groups in total. The van der Waals surface area contributed by atoms with Crippen LogP contribution < -0.4 is 14.8 Å². The molecule has 6 heteroatoms. The molecule has 0 aromatic heterocycles. The van der Waals surface area contributed by atoms with Crippen LogP contribution in [0.4, 0.5) is 5.69 Å². The number of carboxylic acid groups (broad SMARTS) is 1. The highest BCUT2D eigenvalue weighted by Crippen LogP contribution is 2.35. The van der Waals surface area contributed by atoms with Crippen molar-refractivity contribution in [2.45, 2.75) is 26.7 Å². The second-order valence-electron chi connectivity index (χ2n) is 6.11. The first kappa shape index (κ1) is 17.8. The minimum atomic E-state index is -0.940. The van der Waals surface area contributed by atoms with Crippen LogP contribution in [0.15, 0.2) is 29.3 Å². The zero-order valence-corrected chi connectivity index (χ0v) is 14.4. The number of methoxy groups -OCH3 is 2. The number of amides is 1. The molecule has 0 heterocycles. The van der Waals surface area contributed by atoms with Gasteiger partial charge >= 0.3 is 5.97 Å². The van der Waals surface area contributed by atoms with E-state index in [-0.39, 0.29) is 5.91 Å². The molecule has 1 aliphatic carbocycles. The van der Waals surface area contributed by atoms with Crippen LogP contribution in [0, 0.1) is 11.8 Å². The summed E-state index contributed by atoms with van der Waals surface area (Å²) in [4.78, 5) is 24.2. The van der Waals surface area contributed by atoms with Gasteiger partial charge in [0.2, 0.25) is 5.91 Å². The van der Waals surface area contributed by atoms with Crippen LogP contribution in [0.3, 0.4) is 0 Å². The molecule has 1 aliphatic rings. The SMILES string of the molecule is COc1cc(NC(=O)[C@@H]2CC(C)=C(C)C[C@H]2C(=O)O)cc(OC)c1. The number of benzene rings is 1. The molecule has 24 heavy (non-hydrogen) atoms. The van der Waals surface area contributed by atoms with Gasteiger partial charge in [-0.25, -0.2) is 0 Å². The summed E-state index contributed by atoms with van der Waals surface area (Å²) in [5, 5.41) is 12.2. The summed E-state index contributed by atoms with van der Waals surface area (Å²) < 4.78 is 10.4. The van der Waals surface area contributed by atoms with Crippen molar-refractivity contribution in [1.82, 2.24) is 0 Å². The van der Waals surface area contributed by atoms with Gasteiger partial charge in [-0.3, -0.25) is 9.59 Å². The van der Waals surface area contributed by atoms with Gasteiger partial charge in [0.15, 0.2) is 0 Å². The third-order valence-corrected chi connectivity index (χ3v) is 4.54. The number of hydrogen-bond donors (Lipinski definition) is 2. The van der Waals surface area contributed by atoms with Crippen molar-refractivity contribution in [3.63, 3.8) is 0 Å². The fraction of sp³-hybridized carbons (Fsp3) is 0.444. The topological polar surface area (TPSA) is 84.9 Å². The smallest absolute Gasteiger partial charge is 0.307 e. The Hall–Kier alpha value is -2.50. The molecule has 0 aliphatic heterocycles. The maximum atomic E-state index is 12.7. The van der Waals surface area contributed by atoms with Crippen LogP contribution in [0.2, 0.25) is 0 Å². The van der Waals surface area contributed by atoms with Crippen LogP contribution in [-0.4, -0.2) is 31.2 Å². The number of nitrogens with one attached hydrogen (secondary N) is 1. The molecule has 1 aromatic carbocycles. The van der Waals surface area contributed by atoms with E-state index in [4.69, 9.17) is 9.47 Å². The molecule has 0 saturated carbocycles. The lowest BCUT2D eigenvalue weighted by atomic mass is 9.76. The Morgan fingerprint density at radius 1 is 1.00 bits per heavy atom. The van der Waals surface area contributed by atoms with E-state index >= 15 is 0 Å². The predicted molar refractivity (Wildman–Crippen MR) is 90.4 cm³/mol. The Morgan fingerprint density at radius 3 is 1.96 bits per heavy atom. The Balaban J connectivity index is 2.23. The van der Waals surface area contributed by atoms with Gasteiger partial charge in [-0.2, -0.15) is 0 Å². The molecule has 6 nitrogen and oxygen atoms in total. The molecular weight excluding hydrogens is 310 g/mol. The van der Waals surface area contributed by atoms with Crippen molar-refractivity contribution >= 4 is 17.6 Å². The fourth-order valence-corrected chi connectivity index (χ4v) is 2.94. The first-order chi connectivity index (χ1) is 11.3. The molecule has 0 radical (unpaired) electrons. The van der Waals surface area contributed by atoms with Gasteiger partial charge in [0, 0.05) is 23.9 Å². The van der Waals surface area contributed by atoms with Gasteiger partial charge in [-0.15, -0.1) is 0 Å². The number of anilines is 1. The molecule has 0 spiro atoms. The number of hydrogen-bond acceptors (Lipinski definition) is 4. The minimum absolute atomic E-state index is 0.301. The van der Waals surface area contributed by atoms with Crippen molar-refractivity contribution in [2.24, 2.45) is 11.8 Å². The normalized spacial score (nSPS) is 20.5. The molecule has 1 amide bonds. The van der Waals surface area contributed by atoms with Crippen molar-refractivity contribution in [3.05, 3.63) is 29.3 Å². The van der Waals surface area contributed by atoms with Gasteiger partial charge in [0.1, 0.15) is 11.5 Å². The highest BCUT2D eigenvalue weighted by molar-refractivity contribution is 5.96. The second-order valence-corrected chi connectivity index (χ2v) is 6.11. The first-order valence-corrected chi connectivity index (χ1v) is 7.77. The van der Waals surface area contributed by atoms with Crippen LogP contribution in [0.25, 0.3) is 0 Å². The van der Waals surface area contributed by atoms with Crippen molar-refractivity contribution in [3.8, 4) is 11.5 Å². The van der Waals surface area contributed by atoms with E-state index in [0.717, 1.165) is 11.1 Å². The molecule has 0 fully saturated rings. The summed E-state index contributed by atoms with van der Waals surface area (Å²) in [5.74, 6) is -1.44. The van der Waals surface area contributed by atoms with Gasteiger partial charge in [-0.05, 0) is 26.7 Å². The zero-order valence-electron chi connectivity index (χ0n) is 14.4. The number of rotatable bonds is 5. The van der Waals surface area contributed by atoms with Crippen molar-refractivity contribution in [2.75, 3.05) is 19.5 Å². The van der Waals surface area contributed by atoms with E-state index in [1.54, 1.807) is 18.2 Å². The number of allylic oxidation sites excluding steroid dienone is 2. The maximum Gasteiger partial charge on any atom is 0.307 e. The van der Waals surface area contributed by atoms with E-state index < -0.39 is 17.8 Å². The molecule has 2 atom stereocenters. The first-order valence-electron chi connectivity index (χ1n) is 7.77. The molecule has 0 unspecified atom stereocenters. The Bertz CT molecular complexity index is 658. The van der Waals surface area contributed by atoms with Crippen LogP contribution in [0.5, 0.6) is 11.5 Å². The largest absolute Gasteiger partial charge is 0.497 e. The van der Waals surface area contributed by atoms with Crippen molar-refractivity contribution < 1.29 is 24.2 Å². The maximum absolute atomic E-state index is 12.7. The van der Waals surface area contributed by atoms with Gasteiger partial charge < -0.3 is 19.9 Å². The quantitative estimate of drug-likeness (QED) is 0.809. The zero-order chi connectivity index (χ0) is 17.9. The Morgan fingerprint density at radius 2 is 1.50 bits per heavy atom. The summed E-state index contributed by atoms with van der Waals surface area (Å²) in [7, 11) is 3.05. The lowest BCUT2D eigenvalue weighted by Crippen LogP contribution is -2.36. The summed E-state index contributed by atoms with van der Waals surface area (Å²) >= 11 is 0. The predicted octanol–water partition coefficient (Wildman–Crippen LogP) is 3.09. The summed E-state index contributed by atoms with van der Waals surface area (Å²) in [6, 6.07) is 5.05. The Labute approximate surface area is 141 Å². The number of aliphatic carboxylic acids is 1. The highest BCUT2D eigenvalue weighted by Gasteiger charge is 2.37. The average molecular weight is 333 g/mol. The van der Waals surface area contributed by atoms with E-state index in [9.17, 15) is 14.7 Å². The average Bonchev–Trinajstić information content (AvgIpc) is 2.56. The van der Waals surface area contributed by atoms with E-state index in [1.807, 2.05) is 13.8 Å². The number of ether oxygens (including phenoxy) is 2. The standard InChI is InChI=1S/C18H23NO5/c1-10-5-15(16(18(21)22)6-11(10)2)17(20)19-12-7-13(23-3)9-14(8-12)24-4/h7-9,15-16H,5-6H2,1-4H3,(H,19,20)(H,21,22)/t15-,16-/m1/s1. The molecule has 0 bridgehead atoms. The molecular formula is C18H23NO5. The summed E-state index contributed by atoms with van der Waals surface area (Å²) in [6.07, 6.45) is 0.858. The Kier molecular flexibility index (Phi) is 5.49. The molecule has 0 saturated heterocycles. The fourth-order valence-electron chi connectivity index (χ4n) is 2.94. The van der Waals surface area contributed by atoms with E-state index in [0.29, 0.717) is 30.0 Å². The van der Waals surface area contributed by atoms with E-state index in [1.165, 1.54) is 14.2 Å². The van der Waals surface area contributed by atoms with Gasteiger partial charge in [0.25, 0.3) is 0 Å². The molecule has 130 valence electrons.